The average molecular weight is 342 g/mol. The molecule has 0 aliphatic heterocycles. The second kappa shape index (κ2) is 8.52. The quantitative estimate of drug-likeness (QED) is 0.712. The van der Waals surface area contributed by atoms with Gasteiger partial charge in [-0.2, -0.15) is 0 Å². The number of amides is 1. The standard InChI is InChI=1S/C15H22N2O5S/c1-3-11-23(21,22)16-13-8-5-4-7-12(13)15(20)17(2)10-6-9-14(18)19/h4-5,7-8,16H,3,6,9-11H2,1-2H3,(H,18,19). The molecule has 0 bridgehead atoms. The van der Waals surface area contributed by atoms with Crippen molar-refractivity contribution in [1.82, 2.24) is 4.90 Å². The van der Waals surface area contributed by atoms with Gasteiger partial charge in [-0.3, -0.25) is 14.3 Å². The van der Waals surface area contributed by atoms with Crippen molar-refractivity contribution in [3.05, 3.63) is 29.8 Å². The third kappa shape index (κ3) is 6.27. The molecule has 1 aromatic rings. The molecule has 128 valence electrons. The molecule has 0 saturated heterocycles. The number of hydrogen-bond acceptors (Lipinski definition) is 4. The molecule has 0 aromatic heterocycles. The van der Waals surface area contributed by atoms with Crippen molar-refractivity contribution < 1.29 is 23.1 Å². The van der Waals surface area contributed by atoms with Crippen molar-refractivity contribution in [2.75, 3.05) is 24.1 Å². The fourth-order valence-corrected chi connectivity index (χ4v) is 3.17. The maximum Gasteiger partial charge on any atom is 0.303 e. The summed E-state index contributed by atoms with van der Waals surface area (Å²) in [6.45, 7) is 2.04. The van der Waals surface area contributed by atoms with E-state index in [4.69, 9.17) is 5.11 Å². The molecule has 1 aromatic carbocycles. The van der Waals surface area contributed by atoms with Crippen LogP contribution >= 0.6 is 0 Å². The zero-order valence-electron chi connectivity index (χ0n) is 13.3. The number of anilines is 1. The number of para-hydroxylation sites is 1. The van der Waals surface area contributed by atoms with Gasteiger partial charge in [0, 0.05) is 20.0 Å². The number of rotatable bonds is 9. The molecule has 23 heavy (non-hydrogen) atoms. The van der Waals surface area contributed by atoms with Crippen LogP contribution in [-0.2, 0) is 14.8 Å². The fourth-order valence-electron chi connectivity index (χ4n) is 2.02. The molecule has 0 spiro atoms. The van der Waals surface area contributed by atoms with Gasteiger partial charge >= 0.3 is 5.97 Å². The smallest absolute Gasteiger partial charge is 0.303 e. The maximum absolute atomic E-state index is 12.4. The van der Waals surface area contributed by atoms with Crippen LogP contribution in [0.1, 0.15) is 36.5 Å². The Balaban J connectivity index is 2.87. The minimum absolute atomic E-state index is 0.0238. The molecule has 2 N–H and O–H groups in total. The van der Waals surface area contributed by atoms with E-state index in [-0.39, 0.29) is 35.9 Å². The van der Waals surface area contributed by atoms with Gasteiger partial charge in [-0.05, 0) is 25.0 Å². The SMILES string of the molecule is CCCS(=O)(=O)Nc1ccccc1C(=O)N(C)CCCC(=O)O. The third-order valence-corrected chi connectivity index (χ3v) is 4.60. The Hall–Kier alpha value is -2.09. The van der Waals surface area contributed by atoms with E-state index in [1.807, 2.05) is 0 Å². The van der Waals surface area contributed by atoms with Gasteiger partial charge in [-0.1, -0.05) is 19.1 Å². The molecular weight excluding hydrogens is 320 g/mol. The summed E-state index contributed by atoms with van der Waals surface area (Å²) in [5.41, 5.74) is 0.473. The summed E-state index contributed by atoms with van der Waals surface area (Å²) in [5, 5.41) is 8.62. The Labute approximate surface area is 136 Å². The maximum atomic E-state index is 12.4. The highest BCUT2D eigenvalue weighted by Gasteiger charge is 2.18. The lowest BCUT2D eigenvalue weighted by Gasteiger charge is -2.19. The van der Waals surface area contributed by atoms with Crippen LogP contribution in [-0.4, -0.2) is 49.6 Å². The van der Waals surface area contributed by atoms with E-state index in [0.29, 0.717) is 12.8 Å². The summed E-state index contributed by atoms with van der Waals surface area (Å²) in [6, 6.07) is 6.37. The first-order valence-corrected chi connectivity index (χ1v) is 8.99. The second-order valence-corrected chi connectivity index (χ2v) is 7.03. The molecule has 8 heteroatoms. The minimum Gasteiger partial charge on any atom is -0.481 e. The van der Waals surface area contributed by atoms with Gasteiger partial charge in [-0.25, -0.2) is 8.42 Å². The predicted octanol–water partition coefficient (Wildman–Crippen LogP) is 1.78. The number of carbonyl (C=O) groups is 2. The van der Waals surface area contributed by atoms with Gasteiger partial charge < -0.3 is 10.0 Å². The van der Waals surface area contributed by atoms with Crippen LogP contribution in [0.3, 0.4) is 0 Å². The van der Waals surface area contributed by atoms with Crippen molar-refractivity contribution in [2.24, 2.45) is 0 Å². The number of nitrogens with one attached hydrogen (secondary N) is 1. The molecule has 1 rings (SSSR count). The van der Waals surface area contributed by atoms with Crippen LogP contribution in [0.15, 0.2) is 24.3 Å². The van der Waals surface area contributed by atoms with E-state index < -0.39 is 16.0 Å². The van der Waals surface area contributed by atoms with Gasteiger partial charge in [0.15, 0.2) is 0 Å². The predicted molar refractivity (Wildman–Crippen MR) is 88.0 cm³/mol. The molecule has 0 saturated carbocycles. The number of carbonyl (C=O) groups excluding carboxylic acids is 1. The van der Waals surface area contributed by atoms with Gasteiger partial charge in [-0.15, -0.1) is 0 Å². The monoisotopic (exact) mass is 342 g/mol. The van der Waals surface area contributed by atoms with E-state index in [2.05, 4.69) is 4.72 Å². The summed E-state index contributed by atoms with van der Waals surface area (Å²) >= 11 is 0. The Bertz CT molecular complexity index is 658. The van der Waals surface area contributed by atoms with E-state index in [1.165, 1.54) is 11.0 Å². The molecule has 1 amide bonds. The minimum atomic E-state index is -3.49. The molecule has 7 nitrogen and oxygen atoms in total. The van der Waals surface area contributed by atoms with Crippen molar-refractivity contribution in [3.63, 3.8) is 0 Å². The second-order valence-electron chi connectivity index (χ2n) is 5.19. The largest absolute Gasteiger partial charge is 0.481 e. The summed E-state index contributed by atoms with van der Waals surface area (Å²) in [4.78, 5) is 24.3. The number of sulfonamides is 1. The number of aliphatic carboxylic acids is 1. The highest BCUT2D eigenvalue weighted by molar-refractivity contribution is 7.92. The number of carboxylic acid groups (broad SMARTS) is 1. The van der Waals surface area contributed by atoms with Gasteiger partial charge in [0.05, 0.1) is 17.0 Å². The van der Waals surface area contributed by atoms with Crippen LogP contribution in [0, 0.1) is 0 Å². The fraction of sp³-hybridized carbons (Fsp3) is 0.467. The molecule has 0 unspecified atom stereocenters. The topological polar surface area (TPSA) is 104 Å². The van der Waals surface area contributed by atoms with E-state index in [9.17, 15) is 18.0 Å². The van der Waals surface area contributed by atoms with Gasteiger partial charge in [0.1, 0.15) is 0 Å². The lowest BCUT2D eigenvalue weighted by Crippen LogP contribution is -2.29. The normalized spacial score (nSPS) is 11.0. The van der Waals surface area contributed by atoms with Gasteiger partial charge in [0.2, 0.25) is 10.0 Å². The van der Waals surface area contributed by atoms with Crippen LogP contribution in [0.25, 0.3) is 0 Å². The Morgan fingerprint density at radius 1 is 1.26 bits per heavy atom. The zero-order chi connectivity index (χ0) is 17.5. The molecule has 0 aliphatic rings. The summed E-state index contributed by atoms with van der Waals surface area (Å²) in [7, 11) is -1.94. The number of benzene rings is 1. The third-order valence-electron chi connectivity index (χ3n) is 3.13. The van der Waals surface area contributed by atoms with E-state index in [0.717, 1.165) is 0 Å². The average Bonchev–Trinajstić information content (AvgIpc) is 2.46. The van der Waals surface area contributed by atoms with Crippen LogP contribution < -0.4 is 4.72 Å². The summed E-state index contributed by atoms with van der Waals surface area (Å²) in [5.74, 6) is -1.30. The molecule has 0 heterocycles. The Morgan fingerprint density at radius 3 is 2.52 bits per heavy atom. The molecule has 0 atom stereocenters. The number of carboxylic acids is 1. The van der Waals surface area contributed by atoms with Crippen molar-refractivity contribution in [2.45, 2.75) is 26.2 Å². The highest BCUT2D eigenvalue weighted by Crippen LogP contribution is 2.19. The lowest BCUT2D eigenvalue weighted by molar-refractivity contribution is -0.137. The van der Waals surface area contributed by atoms with Crippen molar-refractivity contribution >= 4 is 27.6 Å². The van der Waals surface area contributed by atoms with Crippen LogP contribution in [0.5, 0.6) is 0 Å². The van der Waals surface area contributed by atoms with Gasteiger partial charge in [0.25, 0.3) is 5.91 Å². The summed E-state index contributed by atoms with van der Waals surface area (Å²) < 4.78 is 26.2. The number of nitrogens with zero attached hydrogens (tertiary/aromatic N) is 1. The molecule has 0 fully saturated rings. The first-order valence-electron chi connectivity index (χ1n) is 7.33. The van der Waals surface area contributed by atoms with E-state index in [1.54, 1.807) is 32.2 Å². The number of hydrogen-bond donors (Lipinski definition) is 2. The Kier molecular flexibility index (Phi) is 7.02. The van der Waals surface area contributed by atoms with Crippen molar-refractivity contribution in [1.29, 1.82) is 0 Å². The molecule has 0 radical (unpaired) electrons. The first-order chi connectivity index (χ1) is 10.8. The zero-order valence-corrected chi connectivity index (χ0v) is 14.1. The van der Waals surface area contributed by atoms with Crippen molar-refractivity contribution in [3.8, 4) is 0 Å². The lowest BCUT2D eigenvalue weighted by atomic mass is 10.1. The van der Waals surface area contributed by atoms with E-state index >= 15 is 0 Å². The van der Waals surface area contributed by atoms with Crippen LogP contribution in [0.4, 0.5) is 5.69 Å². The Morgan fingerprint density at radius 2 is 1.91 bits per heavy atom. The molecule has 0 aliphatic carbocycles. The summed E-state index contributed by atoms with van der Waals surface area (Å²) in [6.07, 6.45) is 0.782. The first kappa shape index (κ1) is 19.0. The van der Waals surface area contributed by atoms with Crippen LogP contribution in [0.2, 0.25) is 0 Å². The highest BCUT2D eigenvalue weighted by atomic mass is 32.2. The molecular formula is C15H22N2O5S.